The van der Waals surface area contributed by atoms with Crippen LogP contribution in [0.5, 0.6) is 0 Å². The average molecular weight is 314 g/mol. The van der Waals surface area contributed by atoms with Crippen molar-refractivity contribution in [2.75, 3.05) is 12.8 Å². The van der Waals surface area contributed by atoms with Gasteiger partial charge >= 0.3 is 0 Å². The molecule has 0 radical (unpaired) electrons. The Kier molecular flexibility index (Phi) is 9.27. The lowest BCUT2D eigenvalue weighted by Gasteiger charge is -2.17. The monoisotopic (exact) mass is 313 g/mol. The molecule has 0 aromatic rings. The minimum absolute atomic E-state index is 0.0621. The molecule has 1 N–H and O–H groups in total. The molecule has 0 heterocycles. The van der Waals surface area contributed by atoms with Crippen molar-refractivity contribution in [3.05, 3.63) is 35.3 Å². The molecule has 0 fully saturated rings. The summed E-state index contributed by atoms with van der Waals surface area (Å²) in [5.41, 5.74) is 1.98. The molecule has 0 bridgehead atoms. The predicted molar refractivity (Wildman–Crippen MR) is 95.3 cm³/mol. The van der Waals surface area contributed by atoms with Crippen LogP contribution in [-0.2, 0) is 4.79 Å². The van der Waals surface area contributed by atoms with Crippen molar-refractivity contribution in [3.8, 4) is 0 Å². The SMILES string of the molecule is C=C(/C=C(/SC(=O)[C@H](CS)NC)C(=C)C(C)C)C(C)C. The van der Waals surface area contributed by atoms with E-state index in [4.69, 9.17) is 0 Å². The number of thiol groups is 1. The molecule has 0 aromatic heterocycles. The Morgan fingerprint density at radius 1 is 1.25 bits per heavy atom. The molecule has 114 valence electrons. The summed E-state index contributed by atoms with van der Waals surface area (Å²) in [6, 6.07) is -0.251. The van der Waals surface area contributed by atoms with Crippen molar-refractivity contribution in [3.63, 3.8) is 0 Å². The zero-order valence-electron chi connectivity index (χ0n) is 13.2. The van der Waals surface area contributed by atoms with Crippen LogP contribution in [-0.4, -0.2) is 24.0 Å². The van der Waals surface area contributed by atoms with E-state index < -0.39 is 0 Å². The van der Waals surface area contributed by atoms with Crippen LogP contribution < -0.4 is 5.32 Å². The molecule has 0 aromatic carbocycles. The maximum absolute atomic E-state index is 12.2. The minimum atomic E-state index is -0.251. The highest BCUT2D eigenvalue weighted by atomic mass is 32.2. The van der Waals surface area contributed by atoms with Crippen LogP contribution in [0, 0.1) is 11.8 Å². The second-order valence-corrected chi connectivity index (χ2v) is 6.77. The van der Waals surface area contributed by atoms with E-state index in [1.807, 2.05) is 6.08 Å². The zero-order valence-corrected chi connectivity index (χ0v) is 14.9. The highest BCUT2D eigenvalue weighted by molar-refractivity contribution is 8.17. The molecule has 0 saturated heterocycles. The lowest BCUT2D eigenvalue weighted by atomic mass is 10.0. The summed E-state index contributed by atoms with van der Waals surface area (Å²) in [5, 5.41) is 3.04. The first-order chi connectivity index (χ1) is 9.24. The van der Waals surface area contributed by atoms with E-state index in [0.717, 1.165) is 16.1 Å². The van der Waals surface area contributed by atoms with E-state index in [9.17, 15) is 4.79 Å². The van der Waals surface area contributed by atoms with E-state index in [-0.39, 0.29) is 11.2 Å². The molecule has 0 amide bonds. The second kappa shape index (κ2) is 9.48. The molecule has 0 unspecified atom stereocenters. The lowest BCUT2D eigenvalue weighted by Crippen LogP contribution is -2.34. The van der Waals surface area contributed by atoms with Crippen molar-refractivity contribution in [2.24, 2.45) is 11.8 Å². The Labute approximate surface area is 133 Å². The fraction of sp³-hybridized carbons (Fsp3) is 0.562. The van der Waals surface area contributed by atoms with Gasteiger partial charge in [-0.2, -0.15) is 12.6 Å². The van der Waals surface area contributed by atoms with Gasteiger partial charge in [0.1, 0.15) is 0 Å². The van der Waals surface area contributed by atoms with Crippen molar-refractivity contribution in [2.45, 2.75) is 33.7 Å². The summed E-state index contributed by atoms with van der Waals surface area (Å²) in [6.45, 7) is 16.5. The smallest absolute Gasteiger partial charge is 0.211 e. The molecule has 0 aliphatic rings. The summed E-state index contributed by atoms with van der Waals surface area (Å²) in [5.74, 6) is 1.13. The quantitative estimate of drug-likeness (QED) is 0.523. The van der Waals surface area contributed by atoms with Gasteiger partial charge in [0.2, 0.25) is 5.12 Å². The molecule has 1 atom stereocenters. The molecule has 0 aliphatic heterocycles. The third kappa shape index (κ3) is 6.33. The van der Waals surface area contributed by atoms with Crippen LogP contribution in [0.2, 0.25) is 0 Å². The van der Waals surface area contributed by atoms with Crippen molar-refractivity contribution in [1.82, 2.24) is 5.32 Å². The summed E-state index contributed by atoms with van der Waals surface area (Å²) < 4.78 is 0. The molecule has 0 saturated carbocycles. The highest BCUT2D eigenvalue weighted by Crippen LogP contribution is 2.31. The highest BCUT2D eigenvalue weighted by Gasteiger charge is 2.19. The van der Waals surface area contributed by atoms with Crippen molar-refractivity contribution in [1.29, 1.82) is 0 Å². The van der Waals surface area contributed by atoms with Crippen LogP contribution in [0.1, 0.15) is 27.7 Å². The average Bonchev–Trinajstić information content (AvgIpc) is 2.37. The Bertz CT molecular complexity index is 393. The first-order valence-corrected chi connectivity index (χ1v) is 8.28. The van der Waals surface area contributed by atoms with Gasteiger partial charge in [0, 0.05) is 10.7 Å². The number of hydrogen-bond acceptors (Lipinski definition) is 4. The lowest BCUT2D eigenvalue weighted by molar-refractivity contribution is -0.112. The van der Waals surface area contributed by atoms with Gasteiger partial charge < -0.3 is 5.32 Å². The number of thioether (sulfide) groups is 1. The van der Waals surface area contributed by atoms with Crippen LogP contribution in [0.15, 0.2) is 35.3 Å². The normalized spacial score (nSPS) is 13.7. The van der Waals surface area contributed by atoms with Gasteiger partial charge in [0.15, 0.2) is 0 Å². The molecule has 20 heavy (non-hydrogen) atoms. The third-order valence-corrected chi connectivity index (χ3v) is 4.55. The fourth-order valence-corrected chi connectivity index (χ4v) is 2.88. The van der Waals surface area contributed by atoms with Crippen LogP contribution in [0.4, 0.5) is 0 Å². The zero-order chi connectivity index (χ0) is 15.9. The number of carbonyl (C=O) groups excluding carboxylic acids is 1. The van der Waals surface area contributed by atoms with Gasteiger partial charge in [-0.05, 0) is 42.3 Å². The summed E-state index contributed by atoms with van der Waals surface area (Å²) in [4.78, 5) is 13.1. The molecule has 4 heteroatoms. The summed E-state index contributed by atoms with van der Waals surface area (Å²) in [7, 11) is 1.77. The van der Waals surface area contributed by atoms with Crippen molar-refractivity contribution < 1.29 is 4.79 Å². The fourth-order valence-electron chi connectivity index (χ4n) is 1.27. The van der Waals surface area contributed by atoms with Gasteiger partial charge in [-0.3, -0.25) is 4.79 Å². The maximum Gasteiger partial charge on any atom is 0.211 e. The van der Waals surface area contributed by atoms with Crippen LogP contribution in [0.25, 0.3) is 0 Å². The van der Waals surface area contributed by atoms with Crippen LogP contribution in [0.3, 0.4) is 0 Å². The number of nitrogens with one attached hydrogen (secondary N) is 1. The van der Waals surface area contributed by atoms with Crippen molar-refractivity contribution >= 4 is 29.5 Å². The van der Waals surface area contributed by atoms with E-state index >= 15 is 0 Å². The van der Waals surface area contributed by atoms with Gasteiger partial charge in [0.25, 0.3) is 0 Å². The third-order valence-electron chi connectivity index (χ3n) is 3.10. The molecule has 0 rings (SSSR count). The Morgan fingerprint density at radius 3 is 2.15 bits per heavy atom. The topological polar surface area (TPSA) is 29.1 Å². The first kappa shape index (κ1) is 19.6. The number of rotatable bonds is 8. The molecule has 2 nitrogen and oxygen atoms in total. The maximum atomic E-state index is 12.2. The van der Waals surface area contributed by atoms with Gasteiger partial charge in [0.05, 0.1) is 6.04 Å². The first-order valence-electron chi connectivity index (χ1n) is 6.84. The number of carbonyl (C=O) groups is 1. The second-order valence-electron chi connectivity index (χ2n) is 5.36. The Hall–Kier alpha value is -0.450. The van der Waals surface area contributed by atoms with E-state index in [1.54, 1.807) is 7.05 Å². The number of likely N-dealkylation sites (N-methyl/N-ethyl adjacent to an activating group) is 1. The van der Waals surface area contributed by atoms with Gasteiger partial charge in [-0.15, -0.1) is 0 Å². The number of allylic oxidation sites excluding steroid dienone is 3. The van der Waals surface area contributed by atoms with Gasteiger partial charge in [-0.25, -0.2) is 0 Å². The van der Waals surface area contributed by atoms with E-state index in [2.05, 4.69) is 58.8 Å². The van der Waals surface area contributed by atoms with Crippen LogP contribution >= 0.6 is 24.4 Å². The predicted octanol–water partition coefficient (Wildman–Crippen LogP) is 4.07. The standard InChI is InChI=1S/C16H27NOS2/c1-10(2)12(5)8-15(13(6)11(3)4)20-16(18)14(9-19)17-7/h8,10-11,14,17,19H,5-6,9H2,1-4,7H3/b15-8+/t14-/m0/s1. The summed E-state index contributed by atoms with van der Waals surface area (Å²) in [6.07, 6.45) is 1.99. The van der Waals surface area contributed by atoms with E-state index in [0.29, 0.717) is 17.6 Å². The molecular formula is C16H27NOS2. The molecule has 0 spiro atoms. The Morgan fingerprint density at radius 2 is 1.80 bits per heavy atom. The minimum Gasteiger partial charge on any atom is -0.309 e. The largest absolute Gasteiger partial charge is 0.309 e. The molecule has 0 aliphatic carbocycles. The van der Waals surface area contributed by atoms with E-state index in [1.165, 1.54) is 11.8 Å². The van der Waals surface area contributed by atoms with Gasteiger partial charge in [-0.1, -0.05) is 46.4 Å². The summed E-state index contributed by atoms with van der Waals surface area (Å²) >= 11 is 5.43. The Balaban J connectivity index is 5.20. The molecular weight excluding hydrogens is 286 g/mol. The number of hydrogen-bond donors (Lipinski definition) is 2.